The molecule has 0 rings (SSSR count). The van der Waals surface area contributed by atoms with E-state index in [0.29, 0.717) is 25.7 Å². The summed E-state index contributed by atoms with van der Waals surface area (Å²) in [5, 5.41) is 0. The Morgan fingerprint density at radius 1 is 0.309 bits per heavy atom. The summed E-state index contributed by atoms with van der Waals surface area (Å²) in [4.78, 5) is 95.5. The minimum absolute atomic E-state index is 0.0706. The van der Waals surface area contributed by atoms with Crippen LogP contribution in [0.5, 0.6) is 0 Å². The lowest BCUT2D eigenvalue weighted by atomic mass is 9.92. The number of rotatable bonds is 32. The lowest BCUT2D eigenvalue weighted by molar-refractivity contribution is -0.169. The Morgan fingerprint density at radius 2 is 0.491 bits per heavy atom. The van der Waals surface area contributed by atoms with Crippen LogP contribution in [0.2, 0.25) is 0 Å². The smallest absolute Gasteiger partial charge is 0.330 e. The van der Waals surface area contributed by atoms with Gasteiger partial charge >= 0.3 is 47.8 Å². The van der Waals surface area contributed by atoms with Gasteiger partial charge in [0.05, 0.1) is 0 Å². The summed E-state index contributed by atoms with van der Waals surface area (Å²) in [6.07, 6.45) is 10.5. The summed E-state index contributed by atoms with van der Waals surface area (Å²) in [5.74, 6) is -5.89. The van der Waals surface area contributed by atoms with Crippen LogP contribution in [0.15, 0.2) is 75.9 Å². The van der Waals surface area contributed by atoms with Crippen molar-refractivity contribution in [3.8, 4) is 0 Å². The zero-order chi connectivity index (χ0) is 41.5. The Hall–Kier alpha value is -5.80. The van der Waals surface area contributed by atoms with Crippen molar-refractivity contribution in [3.05, 3.63) is 75.9 Å². The van der Waals surface area contributed by atoms with Crippen molar-refractivity contribution < 1.29 is 76.3 Å². The van der Waals surface area contributed by atoms with Crippen molar-refractivity contribution in [2.24, 2.45) is 10.8 Å². The molecular formula is C39H52O16. The van der Waals surface area contributed by atoms with E-state index in [1.165, 1.54) is 0 Å². The van der Waals surface area contributed by atoms with E-state index in [9.17, 15) is 38.4 Å². The van der Waals surface area contributed by atoms with Crippen molar-refractivity contribution in [1.82, 2.24) is 0 Å². The molecule has 0 unspecified atom stereocenters. The molecule has 16 nitrogen and oxygen atoms in total. The number of esters is 8. The number of unbranched alkanes of at least 4 members (excludes halogenated alkanes) is 6. The largest absolute Gasteiger partial charge is 0.465 e. The van der Waals surface area contributed by atoms with Gasteiger partial charge in [0.1, 0.15) is 63.7 Å². The average Bonchev–Trinajstić information content (AvgIpc) is 3.20. The molecule has 0 aliphatic heterocycles. The van der Waals surface area contributed by atoms with Crippen molar-refractivity contribution in [1.29, 1.82) is 0 Å². The molecule has 0 aromatic carbocycles. The molecule has 55 heavy (non-hydrogen) atoms. The molecule has 304 valence electrons. The lowest BCUT2D eigenvalue weighted by Gasteiger charge is -2.31. The summed E-state index contributed by atoms with van der Waals surface area (Å²) in [6.45, 7) is 16.6. The zero-order valence-corrected chi connectivity index (χ0v) is 31.3. The molecule has 0 saturated carbocycles. The maximum absolute atomic E-state index is 12.6. The second-order valence-corrected chi connectivity index (χ2v) is 12.2. The summed E-state index contributed by atoms with van der Waals surface area (Å²) in [5.41, 5.74) is -2.83. The monoisotopic (exact) mass is 776 g/mol. The molecule has 0 aromatic rings. The van der Waals surface area contributed by atoms with Gasteiger partial charge in [-0.25, -0.2) is 28.8 Å². The maximum Gasteiger partial charge on any atom is 0.330 e. The summed E-state index contributed by atoms with van der Waals surface area (Å²) < 4.78 is 41.5. The maximum atomic E-state index is 12.6. The third-order valence-corrected chi connectivity index (χ3v) is 7.46. The van der Waals surface area contributed by atoms with Gasteiger partial charge in [-0.15, -0.1) is 0 Å². The third-order valence-electron chi connectivity index (χ3n) is 7.46. The lowest BCUT2D eigenvalue weighted by Crippen LogP contribution is -2.43. The van der Waals surface area contributed by atoms with E-state index in [2.05, 4.69) is 39.5 Å². The van der Waals surface area contributed by atoms with Gasteiger partial charge in [0, 0.05) is 49.3 Å². The van der Waals surface area contributed by atoms with E-state index in [1.807, 2.05) is 0 Å². The van der Waals surface area contributed by atoms with E-state index < -0.39 is 111 Å². The molecule has 0 aliphatic carbocycles. The van der Waals surface area contributed by atoms with Crippen LogP contribution in [-0.2, 0) is 76.3 Å². The first-order valence-corrected chi connectivity index (χ1v) is 17.3. The number of carbonyl (C=O) groups is 8. The van der Waals surface area contributed by atoms with Crippen LogP contribution >= 0.6 is 0 Å². The van der Waals surface area contributed by atoms with Crippen LogP contribution in [0.1, 0.15) is 57.8 Å². The molecule has 0 N–H and O–H groups in total. The topological polar surface area (TPSA) is 210 Å². The van der Waals surface area contributed by atoms with Gasteiger partial charge in [-0.1, -0.05) is 71.6 Å². The Labute approximate surface area is 321 Å². The predicted octanol–water partition coefficient (Wildman–Crippen LogP) is 3.93. The molecule has 0 radical (unpaired) electrons. The van der Waals surface area contributed by atoms with Crippen molar-refractivity contribution in [2.45, 2.75) is 57.8 Å². The predicted molar refractivity (Wildman–Crippen MR) is 195 cm³/mol. The Bertz CT molecular complexity index is 1160. The highest BCUT2D eigenvalue weighted by Crippen LogP contribution is 2.24. The Balaban J connectivity index is 4.88. The second kappa shape index (κ2) is 28.7. The molecular weight excluding hydrogens is 724 g/mol. The minimum atomic E-state index is -1.41. The SMILES string of the molecule is C=CC(=O)OCC(COC(=O)C=C)(COC(=O)C=C)COC(=O)CCCCCCCCCC(=O)OCC(COC(=O)C=C)(COC(=O)C=C)COC(=O)C=C. The van der Waals surface area contributed by atoms with Crippen LogP contribution in [0.3, 0.4) is 0 Å². The number of ether oxygens (including phenoxy) is 8. The van der Waals surface area contributed by atoms with Crippen molar-refractivity contribution in [2.75, 3.05) is 52.9 Å². The van der Waals surface area contributed by atoms with Gasteiger partial charge in [-0.3, -0.25) is 9.59 Å². The first kappa shape index (κ1) is 49.2. The fourth-order valence-corrected chi connectivity index (χ4v) is 4.23. The van der Waals surface area contributed by atoms with Crippen LogP contribution in [0, 0.1) is 10.8 Å². The molecule has 0 saturated heterocycles. The van der Waals surface area contributed by atoms with Crippen LogP contribution in [-0.4, -0.2) is 101 Å². The standard InChI is InChI=1S/C39H52O16/c1-7-30(40)48-22-38(23-49-31(41)8-2,24-50-32(42)9-3)28-54-36(46)20-18-16-14-13-15-17-19-21-37(47)55-29-39(25-51-33(43)10-4,26-52-34(44)11-5)27-53-35(45)12-6/h7-12H,1-6,13-29H2. The Kier molecular flexibility index (Phi) is 25.6. The molecule has 0 heterocycles. The number of hydrogen-bond donors (Lipinski definition) is 0. The molecule has 0 fully saturated rings. The molecule has 16 heteroatoms. The molecule has 0 spiro atoms. The fourth-order valence-electron chi connectivity index (χ4n) is 4.23. The van der Waals surface area contributed by atoms with Gasteiger partial charge in [-0.05, 0) is 12.8 Å². The van der Waals surface area contributed by atoms with E-state index in [0.717, 1.165) is 55.7 Å². The Morgan fingerprint density at radius 3 is 0.691 bits per heavy atom. The first-order chi connectivity index (χ1) is 26.2. The van der Waals surface area contributed by atoms with Crippen molar-refractivity contribution >= 4 is 47.8 Å². The van der Waals surface area contributed by atoms with Gasteiger partial charge < -0.3 is 37.9 Å². The van der Waals surface area contributed by atoms with E-state index >= 15 is 0 Å². The third kappa shape index (κ3) is 23.5. The summed E-state index contributed by atoms with van der Waals surface area (Å²) >= 11 is 0. The second-order valence-electron chi connectivity index (χ2n) is 12.2. The first-order valence-electron chi connectivity index (χ1n) is 17.3. The quantitative estimate of drug-likeness (QED) is 0.0410. The molecule has 0 amide bonds. The molecule has 0 bridgehead atoms. The highest BCUT2D eigenvalue weighted by molar-refractivity contribution is 5.83. The van der Waals surface area contributed by atoms with Gasteiger partial charge in [0.15, 0.2) is 0 Å². The highest BCUT2D eigenvalue weighted by Gasteiger charge is 2.38. The molecule has 0 aromatic heterocycles. The van der Waals surface area contributed by atoms with E-state index in [1.54, 1.807) is 0 Å². The van der Waals surface area contributed by atoms with E-state index in [4.69, 9.17) is 37.9 Å². The summed E-state index contributed by atoms with van der Waals surface area (Å²) in [7, 11) is 0. The van der Waals surface area contributed by atoms with Crippen molar-refractivity contribution in [3.63, 3.8) is 0 Å². The van der Waals surface area contributed by atoms with Crippen LogP contribution < -0.4 is 0 Å². The van der Waals surface area contributed by atoms with Gasteiger partial charge in [-0.2, -0.15) is 0 Å². The van der Waals surface area contributed by atoms with Crippen LogP contribution in [0.25, 0.3) is 0 Å². The van der Waals surface area contributed by atoms with Gasteiger partial charge in [0.25, 0.3) is 0 Å². The summed E-state index contributed by atoms with van der Waals surface area (Å²) in [6, 6.07) is 0. The van der Waals surface area contributed by atoms with E-state index in [-0.39, 0.29) is 12.8 Å². The normalized spacial score (nSPS) is 10.6. The molecule has 0 aliphatic rings. The average molecular weight is 777 g/mol. The van der Waals surface area contributed by atoms with Gasteiger partial charge in [0.2, 0.25) is 0 Å². The minimum Gasteiger partial charge on any atom is -0.465 e. The number of carbonyl (C=O) groups excluding carboxylic acids is 8. The zero-order valence-electron chi connectivity index (χ0n) is 31.3. The highest BCUT2D eigenvalue weighted by atomic mass is 16.6. The molecule has 0 atom stereocenters. The van der Waals surface area contributed by atoms with Crippen LogP contribution in [0.4, 0.5) is 0 Å². The fraction of sp³-hybridized carbons (Fsp3) is 0.487. The number of hydrogen-bond acceptors (Lipinski definition) is 16.